The molecule has 1 aliphatic heterocycles. The van der Waals surface area contributed by atoms with Gasteiger partial charge in [0, 0.05) is 18.3 Å². The Balaban J connectivity index is 1.36. The smallest absolute Gasteiger partial charge is 0.319 e. The third kappa shape index (κ3) is 5.10. The van der Waals surface area contributed by atoms with Crippen molar-refractivity contribution in [2.24, 2.45) is 5.92 Å². The highest BCUT2D eigenvalue weighted by atomic mass is 16.2. The maximum atomic E-state index is 11.9. The van der Waals surface area contributed by atoms with Gasteiger partial charge in [-0.05, 0) is 49.4 Å². The van der Waals surface area contributed by atoms with E-state index in [1.807, 2.05) is 30.3 Å². The van der Waals surface area contributed by atoms with Crippen LogP contribution in [0.1, 0.15) is 18.4 Å². The molecule has 1 fully saturated rings. The number of urea groups is 1. The summed E-state index contributed by atoms with van der Waals surface area (Å²) in [5.41, 5.74) is 2.22. The molecule has 4 nitrogen and oxygen atoms in total. The van der Waals surface area contributed by atoms with Crippen LogP contribution in [0, 0.1) is 5.92 Å². The first-order chi connectivity index (χ1) is 11.8. The van der Waals surface area contributed by atoms with Crippen LogP contribution in [0.25, 0.3) is 0 Å². The second-order valence-corrected chi connectivity index (χ2v) is 6.44. The quantitative estimate of drug-likeness (QED) is 0.790. The lowest BCUT2D eigenvalue weighted by Gasteiger charge is -2.30. The van der Waals surface area contributed by atoms with E-state index in [0.29, 0.717) is 18.5 Å². The summed E-state index contributed by atoms with van der Waals surface area (Å²) >= 11 is 0. The number of piperidine rings is 1. The summed E-state index contributed by atoms with van der Waals surface area (Å²) in [5, 5.41) is 9.36. The van der Waals surface area contributed by atoms with Crippen molar-refractivity contribution in [3.05, 3.63) is 66.2 Å². The molecule has 1 heterocycles. The molecule has 1 saturated heterocycles. The highest BCUT2D eigenvalue weighted by Gasteiger charge is 2.21. The fourth-order valence-corrected chi connectivity index (χ4v) is 3.18. The van der Waals surface area contributed by atoms with Crippen LogP contribution in [0.3, 0.4) is 0 Å². The van der Waals surface area contributed by atoms with Gasteiger partial charge < -0.3 is 16.0 Å². The molecule has 0 aliphatic carbocycles. The molecule has 0 spiro atoms. The zero-order valence-electron chi connectivity index (χ0n) is 13.9. The van der Waals surface area contributed by atoms with Gasteiger partial charge in [-0.25, -0.2) is 4.79 Å². The molecule has 0 bridgehead atoms. The molecule has 0 radical (unpaired) electrons. The second-order valence-electron chi connectivity index (χ2n) is 6.44. The number of para-hydroxylation sites is 1. The normalized spacial score (nSPS) is 20.3. The predicted octanol–water partition coefficient (Wildman–Crippen LogP) is 3.42. The SMILES string of the molecule is O=C(NC[C@H]1CC[C@H](Cc2ccccc2)CN1)Nc1ccccc1. The largest absolute Gasteiger partial charge is 0.336 e. The van der Waals surface area contributed by atoms with Crippen molar-refractivity contribution >= 4 is 11.7 Å². The summed E-state index contributed by atoms with van der Waals surface area (Å²) in [7, 11) is 0. The molecule has 4 heteroatoms. The van der Waals surface area contributed by atoms with E-state index in [4.69, 9.17) is 0 Å². The predicted molar refractivity (Wildman–Crippen MR) is 98.1 cm³/mol. The van der Waals surface area contributed by atoms with Gasteiger partial charge in [-0.15, -0.1) is 0 Å². The highest BCUT2D eigenvalue weighted by Crippen LogP contribution is 2.18. The van der Waals surface area contributed by atoms with Gasteiger partial charge in [0.1, 0.15) is 0 Å². The highest BCUT2D eigenvalue weighted by molar-refractivity contribution is 5.89. The van der Waals surface area contributed by atoms with Crippen LogP contribution >= 0.6 is 0 Å². The van der Waals surface area contributed by atoms with Crippen LogP contribution < -0.4 is 16.0 Å². The monoisotopic (exact) mass is 323 g/mol. The molecule has 0 unspecified atom stereocenters. The fraction of sp³-hybridized carbons (Fsp3) is 0.350. The minimum atomic E-state index is -0.144. The van der Waals surface area contributed by atoms with Gasteiger partial charge in [0.15, 0.2) is 0 Å². The summed E-state index contributed by atoms with van der Waals surface area (Å²) in [6, 6.07) is 20.4. The number of rotatable bonds is 5. The van der Waals surface area contributed by atoms with Crippen molar-refractivity contribution in [3.8, 4) is 0 Å². The molecule has 2 aromatic rings. The summed E-state index contributed by atoms with van der Waals surface area (Å²) in [5.74, 6) is 0.682. The molecular formula is C20H25N3O. The van der Waals surface area contributed by atoms with Gasteiger partial charge in [0.05, 0.1) is 0 Å². The van der Waals surface area contributed by atoms with E-state index in [0.717, 1.165) is 25.1 Å². The maximum absolute atomic E-state index is 11.9. The van der Waals surface area contributed by atoms with E-state index in [9.17, 15) is 4.79 Å². The summed E-state index contributed by atoms with van der Waals surface area (Å²) in [6.07, 6.45) is 3.43. The van der Waals surface area contributed by atoms with E-state index in [2.05, 4.69) is 46.3 Å². The van der Waals surface area contributed by atoms with E-state index in [1.54, 1.807) is 0 Å². The van der Waals surface area contributed by atoms with Gasteiger partial charge in [-0.2, -0.15) is 0 Å². The van der Waals surface area contributed by atoms with E-state index >= 15 is 0 Å². The molecule has 3 N–H and O–H groups in total. The van der Waals surface area contributed by atoms with Gasteiger partial charge in [0.25, 0.3) is 0 Å². The average molecular weight is 323 g/mol. The fourth-order valence-electron chi connectivity index (χ4n) is 3.18. The van der Waals surface area contributed by atoms with Crippen LogP contribution in [0.2, 0.25) is 0 Å². The van der Waals surface area contributed by atoms with Crippen molar-refractivity contribution in [1.82, 2.24) is 10.6 Å². The average Bonchev–Trinajstić information content (AvgIpc) is 2.63. The van der Waals surface area contributed by atoms with Crippen molar-refractivity contribution in [2.75, 3.05) is 18.4 Å². The van der Waals surface area contributed by atoms with E-state index in [1.165, 1.54) is 12.0 Å². The van der Waals surface area contributed by atoms with Gasteiger partial charge in [-0.1, -0.05) is 48.5 Å². The Kier molecular flexibility index (Phi) is 5.85. The lowest BCUT2D eigenvalue weighted by atomic mass is 9.89. The molecule has 0 aromatic heterocycles. The maximum Gasteiger partial charge on any atom is 0.319 e. The molecule has 1 aliphatic rings. The number of hydrogen-bond acceptors (Lipinski definition) is 2. The summed E-state index contributed by atoms with van der Waals surface area (Å²) in [4.78, 5) is 11.9. The number of anilines is 1. The van der Waals surface area contributed by atoms with Crippen LogP contribution in [0.5, 0.6) is 0 Å². The molecule has 2 atom stereocenters. The third-order valence-electron chi connectivity index (χ3n) is 4.53. The third-order valence-corrected chi connectivity index (χ3v) is 4.53. The Bertz CT molecular complexity index is 622. The molecule has 0 saturated carbocycles. The molecule has 126 valence electrons. The Hall–Kier alpha value is -2.33. The number of nitrogens with one attached hydrogen (secondary N) is 3. The van der Waals surface area contributed by atoms with Crippen LogP contribution in [0.15, 0.2) is 60.7 Å². The summed E-state index contributed by atoms with van der Waals surface area (Å²) < 4.78 is 0. The number of hydrogen-bond donors (Lipinski definition) is 3. The molecule has 2 amide bonds. The first kappa shape index (κ1) is 16.5. The number of carbonyl (C=O) groups is 1. The Morgan fingerprint density at radius 2 is 1.71 bits per heavy atom. The van der Waals surface area contributed by atoms with Gasteiger partial charge in [-0.3, -0.25) is 0 Å². The number of carbonyl (C=O) groups excluding carboxylic acids is 1. The van der Waals surface area contributed by atoms with Crippen molar-refractivity contribution in [2.45, 2.75) is 25.3 Å². The summed E-state index contributed by atoms with van der Waals surface area (Å²) in [6.45, 7) is 1.68. The van der Waals surface area contributed by atoms with Crippen molar-refractivity contribution < 1.29 is 4.79 Å². The number of benzene rings is 2. The van der Waals surface area contributed by atoms with Gasteiger partial charge >= 0.3 is 6.03 Å². The van der Waals surface area contributed by atoms with Crippen LogP contribution in [-0.4, -0.2) is 25.2 Å². The second kappa shape index (κ2) is 8.50. The van der Waals surface area contributed by atoms with E-state index < -0.39 is 0 Å². The van der Waals surface area contributed by atoms with Crippen LogP contribution in [-0.2, 0) is 6.42 Å². The number of amides is 2. The Labute approximate surface area is 143 Å². The van der Waals surface area contributed by atoms with Crippen molar-refractivity contribution in [1.29, 1.82) is 0 Å². The first-order valence-corrected chi connectivity index (χ1v) is 8.67. The lowest BCUT2D eigenvalue weighted by molar-refractivity contribution is 0.247. The Morgan fingerprint density at radius 3 is 2.38 bits per heavy atom. The van der Waals surface area contributed by atoms with Crippen molar-refractivity contribution in [3.63, 3.8) is 0 Å². The topological polar surface area (TPSA) is 53.2 Å². The molecule has 3 rings (SSSR count). The molecule has 2 aromatic carbocycles. The Morgan fingerprint density at radius 1 is 1.00 bits per heavy atom. The minimum Gasteiger partial charge on any atom is -0.336 e. The van der Waals surface area contributed by atoms with Crippen LogP contribution in [0.4, 0.5) is 10.5 Å². The standard InChI is InChI=1S/C20H25N3O/c24-20(23-18-9-5-2-6-10-18)22-15-19-12-11-17(14-21-19)13-16-7-3-1-4-8-16/h1-10,17,19,21H,11-15H2,(H2,22,23,24)/t17-,19-/m1/s1. The molecular weight excluding hydrogens is 298 g/mol. The molecule has 24 heavy (non-hydrogen) atoms. The minimum absolute atomic E-state index is 0.144. The lowest BCUT2D eigenvalue weighted by Crippen LogP contribution is -2.47. The van der Waals surface area contributed by atoms with E-state index in [-0.39, 0.29) is 6.03 Å². The van der Waals surface area contributed by atoms with Gasteiger partial charge in [0.2, 0.25) is 0 Å². The first-order valence-electron chi connectivity index (χ1n) is 8.67. The zero-order valence-corrected chi connectivity index (χ0v) is 13.9. The zero-order chi connectivity index (χ0) is 16.6.